The van der Waals surface area contributed by atoms with Crippen molar-refractivity contribution in [2.24, 2.45) is 16.6 Å². The highest BCUT2D eigenvalue weighted by molar-refractivity contribution is 7.86. The van der Waals surface area contributed by atoms with E-state index < -0.39 is 68.7 Å². The van der Waals surface area contributed by atoms with Gasteiger partial charge in [-0.25, -0.2) is 26.2 Å². The van der Waals surface area contributed by atoms with Crippen LogP contribution < -0.4 is 27.1 Å². The minimum atomic E-state index is -3.05. The average Bonchev–Trinajstić information content (AvgIpc) is 2.75. The normalized spacial score (nSPS) is 11.6. The van der Waals surface area contributed by atoms with Gasteiger partial charge in [0.25, 0.3) is 5.56 Å². The highest BCUT2D eigenvalue weighted by Gasteiger charge is 2.29. The van der Waals surface area contributed by atoms with Crippen LogP contribution in [-0.2, 0) is 27.2 Å². The molecule has 2 aromatic rings. The summed E-state index contributed by atoms with van der Waals surface area (Å²) in [5, 5.41) is 5.64. The number of pyridine rings is 1. The lowest BCUT2D eigenvalue weighted by Gasteiger charge is -2.14. The van der Waals surface area contributed by atoms with Gasteiger partial charge in [-0.2, -0.15) is 0 Å². The Bertz CT molecular complexity index is 1160. The predicted octanol–water partition coefficient (Wildman–Crippen LogP) is 0.308. The third-order valence-corrected chi connectivity index (χ3v) is 5.07. The summed E-state index contributed by atoms with van der Waals surface area (Å²) in [5.74, 6) is -12.6. The van der Waals surface area contributed by atoms with Crippen molar-refractivity contribution in [2.45, 2.75) is 18.4 Å². The lowest BCUT2D eigenvalue weighted by Crippen LogP contribution is -2.35. The summed E-state index contributed by atoms with van der Waals surface area (Å²) in [6.07, 6.45) is 0. The van der Waals surface area contributed by atoms with E-state index in [1.54, 1.807) is 0 Å². The molecule has 33 heavy (non-hydrogen) atoms. The lowest BCUT2D eigenvalue weighted by atomic mass is 10.3. The number of hydrogen-bond acceptors (Lipinski definition) is 5. The molecule has 0 aliphatic heterocycles. The van der Waals surface area contributed by atoms with Gasteiger partial charge in [0.05, 0.1) is 6.54 Å². The van der Waals surface area contributed by atoms with Crippen LogP contribution in [0.1, 0.15) is 5.69 Å². The van der Waals surface area contributed by atoms with Gasteiger partial charge in [0.15, 0.2) is 34.3 Å². The van der Waals surface area contributed by atoms with E-state index in [1.165, 1.54) is 13.0 Å². The molecule has 180 valence electrons. The minimum absolute atomic E-state index is 0.0222. The summed E-state index contributed by atoms with van der Waals surface area (Å²) in [5.41, 5.74) is 8.91. The molecule has 0 saturated carbocycles. The van der Waals surface area contributed by atoms with Gasteiger partial charge in [-0.15, -0.1) is 0 Å². The summed E-state index contributed by atoms with van der Waals surface area (Å²) in [6.45, 7) is 0.838. The Morgan fingerprint density at radius 1 is 1.09 bits per heavy atom. The average molecular weight is 496 g/mol. The van der Waals surface area contributed by atoms with Crippen molar-refractivity contribution in [1.29, 1.82) is 0 Å². The molecule has 0 spiro atoms. The van der Waals surface area contributed by atoms with Crippen LogP contribution in [0.4, 0.5) is 27.6 Å². The molecule has 1 heterocycles. The van der Waals surface area contributed by atoms with E-state index in [1.807, 2.05) is 4.72 Å². The topological polar surface area (TPSA) is 154 Å². The zero-order chi connectivity index (χ0) is 24.9. The molecule has 1 atom stereocenters. The van der Waals surface area contributed by atoms with Crippen molar-refractivity contribution in [1.82, 2.24) is 9.88 Å². The first-order valence-electron chi connectivity index (χ1n) is 8.83. The fraction of sp³-hybridized carbons (Fsp3) is 0.235. The maximum atomic E-state index is 13.9. The number of nitrogens with zero attached hydrogens (tertiary/aromatic N) is 2. The maximum absolute atomic E-state index is 13.9. The van der Waals surface area contributed by atoms with Crippen LogP contribution in [0.25, 0.3) is 0 Å². The largest absolute Gasteiger partial charge is 0.391 e. The Balaban J connectivity index is 2.20. The fourth-order valence-corrected chi connectivity index (χ4v) is 3.36. The van der Waals surface area contributed by atoms with Gasteiger partial charge in [-0.05, 0) is 24.2 Å². The van der Waals surface area contributed by atoms with E-state index >= 15 is 0 Å². The minimum Gasteiger partial charge on any atom is -0.391 e. The number of nitrogens with two attached hydrogens (primary N) is 2. The van der Waals surface area contributed by atoms with Crippen LogP contribution in [-0.4, -0.2) is 33.8 Å². The first-order chi connectivity index (χ1) is 15.5. The monoisotopic (exact) mass is 496 g/mol. The number of oxime groups is 1. The molecule has 1 aromatic carbocycles. The smallest absolute Gasteiger partial charge is 0.275 e. The van der Waals surface area contributed by atoms with Gasteiger partial charge in [0.2, 0.25) is 17.7 Å². The highest BCUT2D eigenvalue weighted by Crippen LogP contribution is 2.26. The van der Waals surface area contributed by atoms with Gasteiger partial charge >= 0.3 is 0 Å². The third kappa shape index (κ3) is 5.97. The van der Waals surface area contributed by atoms with Crippen molar-refractivity contribution >= 4 is 28.5 Å². The molecule has 1 amide bonds. The van der Waals surface area contributed by atoms with Crippen molar-refractivity contribution in [3.05, 3.63) is 57.3 Å². The standard InChI is InChI=1S/C17H17F5N6O4S/c1-7-2-3-8(16(30)28(7)6-9(29)25-4-5-32-26-17(23)24)27-33(31)15-13(21)11(19)10(18)12(20)14(15)22/h2-3,27H,4-6H2,1H3,(H,25,29)(H4,23,24,26). The first kappa shape index (κ1) is 25.6. The molecular formula is C17H17F5N6O4S. The summed E-state index contributed by atoms with van der Waals surface area (Å²) in [7, 11) is -3.05. The number of amides is 1. The second-order valence-electron chi connectivity index (χ2n) is 6.25. The van der Waals surface area contributed by atoms with Crippen molar-refractivity contribution in [3.8, 4) is 0 Å². The van der Waals surface area contributed by atoms with Gasteiger partial charge in [-0.3, -0.25) is 14.3 Å². The molecule has 6 N–H and O–H groups in total. The van der Waals surface area contributed by atoms with Crippen LogP contribution in [0.3, 0.4) is 0 Å². The van der Waals surface area contributed by atoms with E-state index in [0.717, 1.165) is 10.6 Å². The predicted molar refractivity (Wildman–Crippen MR) is 106 cm³/mol. The highest BCUT2D eigenvalue weighted by atomic mass is 32.2. The zero-order valence-electron chi connectivity index (χ0n) is 16.8. The van der Waals surface area contributed by atoms with Gasteiger partial charge in [-0.1, -0.05) is 0 Å². The molecule has 2 rings (SSSR count). The van der Waals surface area contributed by atoms with Crippen LogP contribution in [0.15, 0.2) is 27.0 Å². The second-order valence-corrected chi connectivity index (χ2v) is 7.40. The summed E-state index contributed by atoms with van der Waals surface area (Å²) in [4.78, 5) is 27.7. The number of guanidine groups is 1. The Hall–Kier alpha value is -3.69. The lowest BCUT2D eigenvalue weighted by molar-refractivity contribution is -0.122. The van der Waals surface area contributed by atoms with E-state index in [0.29, 0.717) is 0 Å². The molecule has 0 aliphatic rings. The van der Waals surface area contributed by atoms with Crippen molar-refractivity contribution in [2.75, 3.05) is 17.9 Å². The quantitative estimate of drug-likeness (QED) is 0.0745. The molecule has 1 unspecified atom stereocenters. The number of hydrogen-bond donors (Lipinski definition) is 4. The molecule has 0 radical (unpaired) electrons. The number of aromatic nitrogens is 1. The second kappa shape index (κ2) is 10.8. The van der Waals surface area contributed by atoms with Gasteiger partial charge < -0.3 is 26.2 Å². The van der Waals surface area contributed by atoms with Crippen LogP contribution in [0, 0.1) is 36.0 Å². The summed E-state index contributed by atoms with van der Waals surface area (Å²) in [6, 6.07) is 2.37. The molecule has 0 bridgehead atoms. The van der Waals surface area contributed by atoms with Crippen molar-refractivity contribution in [3.63, 3.8) is 0 Å². The number of rotatable bonds is 9. The van der Waals surface area contributed by atoms with E-state index in [-0.39, 0.29) is 24.8 Å². The molecule has 0 fully saturated rings. The van der Waals surface area contributed by atoms with Crippen LogP contribution >= 0.6 is 0 Å². The number of halogens is 5. The van der Waals surface area contributed by atoms with Crippen molar-refractivity contribution < 1.29 is 35.8 Å². The maximum Gasteiger partial charge on any atom is 0.275 e. The number of aryl methyl sites for hydroxylation is 1. The van der Waals surface area contributed by atoms with E-state index in [9.17, 15) is 35.8 Å². The fourth-order valence-electron chi connectivity index (χ4n) is 2.40. The number of carbonyl (C=O) groups excluding carboxylic acids is 1. The molecule has 16 heteroatoms. The number of carbonyl (C=O) groups is 1. The third-order valence-electron chi connectivity index (χ3n) is 3.94. The van der Waals surface area contributed by atoms with E-state index in [4.69, 9.17) is 11.5 Å². The summed E-state index contributed by atoms with van der Waals surface area (Å²) < 4.78 is 82.8. The number of anilines is 1. The van der Waals surface area contributed by atoms with Gasteiger partial charge in [0.1, 0.15) is 23.7 Å². The Morgan fingerprint density at radius 2 is 1.67 bits per heavy atom. The molecular weight excluding hydrogens is 479 g/mol. The Kier molecular flexibility index (Phi) is 8.33. The molecule has 0 saturated heterocycles. The zero-order valence-corrected chi connectivity index (χ0v) is 17.6. The van der Waals surface area contributed by atoms with E-state index in [2.05, 4.69) is 15.3 Å². The number of benzene rings is 1. The van der Waals surface area contributed by atoms with Crippen LogP contribution in [0.2, 0.25) is 0 Å². The molecule has 0 aliphatic carbocycles. The molecule has 1 aromatic heterocycles. The van der Waals surface area contributed by atoms with Gasteiger partial charge in [0, 0.05) is 5.69 Å². The van der Waals surface area contributed by atoms with Crippen LogP contribution in [0.5, 0.6) is 0 Å². The summed E-state index contributed by atoms with van der Waals surface area (Å²) >= 11 is 0. The molecule has 10 nitrogen and oxygen atoms in total. The number of nitrogens with one attached hydrogen (secondary N) is 2. The Labute approximate surface area is 185 Å². The first-order valence-corrected chi connectivity index (χ1v) is 9.98. The Morgan fingerprint density at radius 3 is 2.24 bits per heavy atom. The SMILES string of the molecule is Cc1ccc(NS(=O)c2c(F)c(F)c(F)c(F)c2F)c(=O)n1CC(=O)NCCON=C(N)N.